The molecule has 2 aromatic carbocycles. The lowest BCUT2D eigenvalue weighted by Crippen LogP contribution is -2.35. The summed E-state index contributed by atoms with van der Waals surface area (Å²) in [7, 11) is 0. The Kier molecular flexibility index (Phi) is 6.02. The zero-order valence-corrected chi connectivity index (χ0v) is 18.6. The molecule has 10 heteroatoms. The van der Waals surface area contributed by atoms with Crippen molar-refractivity contribution in [2.75, 3.05) is 28.6 Å². The highest BCUT2D eigenvalue weighted by atomic mass is 19.4. The third-order valence-corrected chi connectivity index (χ3v) is 6.10. The number of aromatic amines is 1. The van der Waals surface area contributed by atoms with Gasteiger partial charge in [-0.2, -0.15) is 13.2 Å². The summed E-state index contributed by atoms with van der Waals surface area (Å²) in [4.78, 5) is 26.2. The molecule has 0 spiro atoms. The van der Waals surface area contributed by atoms with E-state index in [0.29, 0.717) is 23.4 Å². The van der Waals surface area contributed by atoms with Crippen LogP contribution < -0.4 is 15.5 Å². The van der Waals surface area contributed by atoms with Gasteiger partial charge in [-0.1, -0.05) is 18.2 Å². The van der Waals surface area contributed by atoms with Crippen molar-refractivity contribution in [2.45, 2.75) is 24.9 Å². The smallest absolute Gasteiger partial charge is 0.355 e. The molecule has 5 rings (SSSR count). The van der Waals surface area contributed by atoms with Gasteiger partial charge in [-0.05, 0) is 54.8 Å². The van der Waals surface area contributed by atoms with Gasteiger partial charge in [0.1, 0.15) is 17.8 Å². The van der Waals surface area contributed by atoms with E-state index < -0.39 is 17.8 Å². The molecular formula is C25H23F3N6O. The van der Waals surface area contributed by atoms with E-state index in [1.807, 2.05) is 6.07 Å². The van der Waals surface area contributed by atoms with Crippen LogP contribution in [0.2, 0.25) is 0 Å². The van der Waals surface area contributed by atoms with Gasteiger partial charge < -0.3 is 20.5 Å². The number of benzene rings is 2. The zero-order valence-electron chi connectivity index (χ0n) is 18.6. The van der Waals surface area contributed by atoms with Gasteiger partial charge in [0.05, 0.1) is 10.9 Å². The number of amides is 2. The van der Waals surface area contributed by atoms with Crippen LogP contribution in [-0.2, 0) is 6.18 Å². The highest BCUT2D eigenvalue weighted by Crippen LogP contribution is 2.37. The van der Waals surface area contributed by atoms with Crippen molar-refractivity contribution < 1.29 is 18.0 Å². The molecule has 0 radical (unpaired) electrons. The topological polar surface area (TPSA) is 85.9 Å². The third kappa shape index (κ3) is 5.06. The standard InChI is InChI=1S/C25H23F3N6O/c26-25(27,28)18-11-17(12-20(13-18)33-24(35)32-19-6-2-1-3-7-19)16-5-4-10-34(14-16)23-21-8-9-29-22(21)30-15-31-23/h1-3,6-9,11-13,15-16H,4-5,10,14H2,(H,29,30,31)(H2,32,33,35). The monoisotopic (exact) mass is 480 g/mol. The largest absolute Gasteiger partial charge is 0.416 e. The summed E-state index contributed by atoms with van der Waals surface area (Å²) in [6.45, 7) is 1.26. The van der Waals surface area contributed by atoms with Gasteiger partial charge in [-0.15, -0.1) is 0 Å². The Bertz CT molecular complexity index is 1340. The maximum absolute atomic E-state index is 13.7. The van der Waals surface area contributed by atoms with E-state index in [-0.39, 0.29) is 11.6 Å². The van der Waals surface area contributed by atoms with Crippen molar-refractivity contribution in [3.05, 3.63) is 78.2 Å². The summed E-state index contributed by atoms with van der Waals surface area (Å²) in [6.07, 6.45) is 0.258. The first-order chi connectivity index (χ1) is 16.9. The zero-order chi connectivity index (χ0) is 24.4. The second kappa shape index (κ2) is 9.28. The van der Waals surface area contributed by atoms with E-state index in [4.69, 9.17) is 0 Å². The third-order valence-electron chi connectivity index (χ3n) is 6.10. The lowest BCUT2D eigenvalue weighted by molar-refractivity contribution is -0.137. The van der Waals surface area contributed by atoms with Crippen LogP contribution in [0.25, 0.3) is 11.0 Å². The van der Waals surface area contributed by atoms with E-state index in [2.05, 4.69) is 30.5 Å². The molecule has 7 nitrogen and oxygen atoms in total. The molecule has 1 aliphatic heterocycles. The lowest BCUT2D eigenvalue weighted by Gasteiger charge is -2.34. The number of hydrogen-bond donors (Lipinski definition) is 3. The molecular weight excluding hydrogens is 457 g/mol. The molecule has 0 aliphatic carbocycles. The summed E-state index contributed by atoms with van der Waals surface area (Å²) in [6, 6.07) is 13.8. The summed E-state index contributed by atoms with van der Waals surface area (Å²) >= 11 is 0. The Labute approximate surface area is 199 Å². The van der Waals surface area contributed by atoms with Crippen LogP contribution in [-0.4, -0.2) is 34.1 Å². The molecule has 4 aromatic rings. The van der Waals surface area contributed by atoms with Gasteiger partial charge in [0, 0.05) is 36.6 Å². The maximum atomic E-state index is 13.7. The quantitative estimate of drug-likeness (QED) is 0.334. The van der Waals surface area contributed by atoms with Gasteiger partial charge in [0.2, 0.25) is 0 Å². The van der Waals surface area contributed by atoms with Crippen LogP contribution >= 0.6 is 0 Å². The van der Waals surface area contributed by atoms with Crippen LogP contribution in [0.5, 0.6) is 0 Å². The molecule has 0 bridgehead atoms. The van der Waals surface area contributed by atoms with Crippen LogP contribution in [0.4, 0.5) is 35.2 Å². The number of H-pyrrole nitrogens is 1. The number of aromatic nitrogens is 3. The Balaban J connectivity index is 1.41. The minimum atomic E-state index is -4.54. The summed E-state index contributed by atoms with van der Waals surface area (Å²) in [5, 5.41) is 6.06. The molecule has 180 valence electrons. The predicted octanol–water partition coefficient (Wildman–Crippen LogP) is 6.00. The number of nitrogens with zero attached hydrogens (tertiary/aromatic N) is 3. The van der Waals surface area contributed by atoms with Gasteiger partial charge in [0.15, 0.2) is 0 Å². The number of anilines is 3. The maximum Gasteiger partial charge on any atom is 0.416 e. The van der Waals surface area contributed by atoms with Gasteiger partial charge in [0.25, 0.3) is 0 Å². The number of nitrogens with one attached hydrogen (secondary N) is 3. The Morgan fingerprint density at radius 3 is 2.63 bits per heavy atom. The number of hydrogen-bond acceptors (Lipinski definition) is 4. The molecule has 3 N–H and O–H groups in total. The van der Waals surface area contributed by atoms with Crippen molar-refractivity contribution in [3.63, 3.8) is 0 Å². The number of urea groups is 1. The van der Waals surface area contributed by atoms with Crippen molar-refractivity contribution >= 4 is 34.3 Å². The normalized spacial score (nSPS) is 16.3. The van der Waals surface area contributed by atoms with E-state index in [9.17, 15) is 18.0 Å². The highest BCUT2D eigenvalue weighted by molar-refractivity contribution is 5.99. The molecule has 1 saturated heterocycles. The first kappa shape index (κ1) is 22.7. The fraction of sp³-hybridized carbons (Fsp3) is 0.240. The fourth-order valence-corrected chi connectivity index (χ4v) is 4.49. The first-order valence-electron chi connectivity index (χ1n) is 11.2. The number of alkyl halides is 3. The fourth-order valence-electron chi connectivity index (χ4n) is 4.49. The van der Waals surface area contributed by atoms with Gasteiger partial charge in [-0.3, -0.25) is 0 Å². The van der Waals surface area contributed by atoms with E-state index in [0.717, 1.165) is 36.7 Å². The number of rotatable bonds is 4. The minimum absolute atomic E-state index is 0.0930. The first-order valence-corrected chi connectivity index (χ1v) is 11.2. The van der Waals surface area contributed by atoms with Crippen molar-refractivity contribution in [1.29, 1.82) is 0 Å². The summed E-state index contributed by atoms with van der Waals surface area (Å²) < 4.78 is 41.2. The van der Waals surface area contributed by atoms with Crippen molar-refractivity contribution in [1.82, 2.24) is 15.0 Å². The van der Waals surface area contributed by atoms with Crippen LogP contribution in [0, 0.1) is 0 Å². The molecule has 2 aromatic heterocycles. The van der Waals surface area contributed by atoms with E-state index in [1.54, 1.807) is 42.6 Å². The number of halogens is 3. The molecule has 3 heterocycles. The molecule has 1 unspecified atom stereocenters. The molecule has 35 heavy (non-hydrogen) atoms. The average Bonchev–Trinajstić information content (AvgIpc) is 3.33. The molecule has 1 atom stereocenters. The van der Waals surface area contributed by atoms with Gasteiger partial charge in [-0.25, -0.2) is 14.8 Å². The number of piperidine rings is 1. The molecule has 2 amide bonds. The lowest BCUT2D eigenvalue weighted by atomic mass is 9.89. The Hall–Kier alpha value is -4.08. The Morgan fingerprint density at radius 1 is 1.03 bits per heavy atom. The van der Waals surface area contributed by atoms with Crippen LogP contribution in [0.3, 0.4) is 0 Å². The molecule has 0 saturated carbocycles. The van der Waals surface area contributed by atoms with Gasteiger partial charge >= 0.3 is 12.2 Å². The number of carbonyl (C=O) groups excluding carboxylic acids is 1. The molecule has 1 aliphatic rings. The predicted molar refractivity (Wildman–Crippen MR) is 129 cm³/mol. The SMILES string of the molecule is O=C(Nc1ccccc1)Nc1cc(C2CCCN(c3ncnc4[nH]ccc34)C2)cc(C(F)(F)F)c1. The number of carbonyl (C=O) groups is 1. The van der Waals surface area contributed by atoms with E-state index in [1.165, 1.54) is 12.4 Å². The van der Waals surface area contributed by atoms with Crippen molar-refractivity contribution in [2.24, 2.45) is 0 Å². The minimum Gasteiger partial charge on any atom is -0.355 e. The number of para-hydroxylation sites is 1. The Morgan fingerprint density at radius 2 is 1.83 bits per heavy atom. The van der Waals surface area contributed by atoms with Crippen LogP contribution in [0.15, 0.2) is 67.1 Å². The second-order valence-corrected chi connectivity index (χ2v) is 8.51. The van der Waals surface area contributed by atoms with Crippen LogP contribution in [0.1, 0.15) is 29.9 Å². The van der Waals surface area contributed by atoms with E-state index >= 15 is 0 Å². The summed E-state index contributed by atoms with van der Waals surface area (Å²) in [5.41, 5.74) is 1.08. The second-order valence-electron chi connectivity index (χ2n) is 8.51. The molecule has 1 fully saturated rings. The summed E-state index contributed by atoms with van der Waals surface area (Å²) in [5.74, 6) is 0.598. The van der Waals surface area contributed by atoms with Crippen molar-refractivity contribution in [3.8, 4) is 0 Å². The number of fused-ring (bicyclic) bond motifs is 1. The average molecular weight is 480 g/mol. The highest BCUT2D eigenvalue weighted by Gasteiger charge is 2.33.